The van der Waals surface area contributed by atoms with Crippen molar-refractivity contribution in [2.75, 3.05) is 25.0 Å². The predicted molar refractivity (Wildman–Crippen MR) is 103 cm³/mol. The Balaban J connectivity index is 2.27. The Labute approximate surface area is 155 Å². The van der Waals surface area contributed by atoms with Crippen LogP contribution in [0.2, 0.25) is 0 Å². The third kappa shape index (κ3) is 5.14. The van der Waals surface area contributed by atoms with Crippen LogP contribution in [-0.4, -0.2) is 38.3 Å². The second-order valence-corrected chi connectivity index (χ2v) is 8.02. The molecule has 0 radical (unpaired) electrons. The lowest BCUT2D eigenvalue weighted by molar-refractivity contribution is -0.114. The molecule has 0 saturated carbocycles. The summed E-state index contributed by atoms with van der Waals surface area (Å²) in [5, 5.41) is 2.67. The molecule has 0 spiro atoms. The van der Waals surface area contributed by atoms with Crippen LogP contribution < -0.4 is 11.1 Å². The Morgan fingerprint density at radius 3 is 2.42 bits per heavy atom. The molecular weight excluding hydrogens is 350 g/mol. The van der Waals surface area contributed by atoms with Crippen molar-refractivity contribution >= 4 is 21.6 Å². The fraction of sp³-hybridized carbons (Fsp3) is 0.316. The number of aryl methyl sites for hydroxylation is 1. The molecule has 2 aromatic rings. The number of anilines is 1. The summed E-state index contributed by atoms with van der Waals surface area (Å²) in [5.74, 6) is -0.245. The third-order valence-corrected chi connectivity index (χ3v) is 5.92. The van der Waals surface area contributed by atoms with Gasteiger partial charge >= 0.3 is 0 Å². The maximum atomic E-state index is 13.1. The molecular formula is C19H25N3O3S. The molecule has 2 aromatic carbocycles. The molecule has 0 heterocycles. The summed E-state index contributed by atoms with van der Waals surface area (Å²) in [6.45, 7) is 4.01. The predicted octanol–water partition coefficient (Wildman–Crippen LogP) is 2.15. The average molecular weight is 375 g/mol. The van der Waals surface area contributed by atoms with Gasteiger partial charge in [-0.15, -0.1) is 0 Å². The Kier molecular flexibility index (Phi) is 6.90. The number of nitrogens with two attached hydrogens (primary N) is 1. The zero-order valence-electron chi connectivity index (χ0n) is 15.1. The summed E-state index contributed by atoms with van der Waals surface area (Å²) in [5.41, 5.74) is 7.99. The fourth-order valence-electron chi connectivity index (χ4n) is 2.63. The van der Waals surface area contributed by atoms with Gasteiger partial charge in [-0.25, -0.2) is 8.42 Å². The molecule has 3 N–H and O–H groups in total. The van der Waals surface area contributed by atoms with Gasteiger partial charge in [-0.1, -0.05) is 36.4 Å². The molecule has 0 bridgehead atoms. The molecule has 7 heteroatoms. The summed E-state index contributed by atoms with van der Waals surface area (Å²) >= 11 is 0. The van der Waals surface area contributed by atoms with E-state index < -0.39 is 10.0 Å². The SMILES string of the molecule is CC(=O)Nc1cc(S(=O)(=O)N(CCN)CCc2ccccc2)ccc1C. The average Bonchev–Trinajstić information content (AvgIpc) is 2.60. The van der Waals surface area contributed by atoms with Crippen LogP contribution in [0.4, 0.5) is 5.69 Å². The fourth-order valence-corrected chi connectivity index (χ4v) is 4.11. The van der Waals surface area contributed by atoms with Crippen molar-refractivity contribution in [3.63, 3.8) is 0 Å². The first-order valence-corrected chi connectivity index (χ1v) is 9.91. The number of nitrogens with zero attached hydrogens (tertiary/aromatic N) is 1. The van der Waals surface area contributed by atoms with Crippen molar-refractivity contribution in [1.29, 1.82) is 0 Å². The first-order chi connectivity index (χ1) is 12.3. The molecule has 1 amide bonds. The molecule has 0 fully saturated rings. The number of carbonyl (C=O) groups is 1. The summed E-state index contributed by atoms with van der Waals surface area (Å²) in [6.07, 6.45) is 0.602. The van der Waals surface area contributed by atoms with Gasteiger partial charge in [0, 0.05) is 32.2 Å². The highest BCUT2D eigenvalue weighted by Gasteiger charge is 2.24. The zero-order chi connectivity index (χ0) is 19.2. The molecule has 2 rings (SSSR count). The minimum absolute atomic E-state index is 0.147. The highest BCUT2D eigenvalue weighted by atomic mass is 32.2. The van der Waals surface area contributed by atoms with E-state index in [4.69, 9.17) is 5.73 Å². The second-order valence-electron chi connectivity index (χ2n) is 6.09. The molecule has 0 atom stereocenters. The smallest absolute Gasteiger partial charge is 0.243 e. The van der Waals surface area contributed by atoms with Gasteiger partial charge in [-0.05, 0) is 36.6 Å². The molecule has 0 unspecified atom stereocenters. The number of rotatable bonds is 8. The van der Waals surface area contributed by atoms with Gasteiger partial charge < -0.3 is 11.1 Å². The molecule has 0 saturated heterocycles. The van der Waals surface area contributed by atoms with E-state index in [0.29, 0.717) is 18.7 Å². The maximum absolute atomic E-state index is 13.1. The first kappa shape index (κ1) is 20.1. The van der Waals surface area contributed by atoms with Crippen LogP contribution in [0, 0.1) is 6.92 Å². The number of hydrogen-bond acceptors (Lipinski definition) is 4. The van der Waals surface area contributed by atoms with Crippen LogP contribution in [0.5, 0.6) is 0 Å². The molecule has 26 heavy (non-hydrogen) atoms. The Morgan fingerprint density at radius 2 is 1.81 bits per heavy atom. The van der Waals surface area contributed by atoms with Crippen molar-refractivity contribution in [2.45, 2.75) is 25.2 Å². The Bertz CT molecular complexity index is 852. The van der Waals surface area contributed by atoms with Crippen LogP contribution in [0.3, 0.4) is 0 Å². The lowest BCUT2D eigenvalue weighted by Crippen LogP contribution is -2.37. The summed E-state index contributed by atoms with van der Waals surface area (Å²) in [4.78, 5) is 11.5. The highest BCUT2D eigenvalue weighted by Crippen LogP contribution is 2.23. The third-order valence-electron chi connectivity index (χ3n) is 4.03. The summed E-state index contributed by atoms with van der Waals surface area (Å²) < 4.78 is 27.5. The molecule has 6 nitrogen and oxygen atoms in total. The van der Waals surface area contributed by atoms with Gasteiger partial charge in [-0.2, -0.15) is 4.31 Å². The van der Waals surface area contributed by atoms with Crippen LogP contribution >= 0.6 is 0 Å². The number of benzene rings is 2. The topological polar surface area (TPSA) is 92.5 Å². The van der Waals surface area contributed by atoms with E-state index in [-0.39, 0.29) is 23.9 Å². The van der Waals surface area contributed by atoms with E-state index in [1.165, 1.54) is 17.3 Å². The van der Waals surface area contributed by atoms with E-state index in [9.17, 15) is 13.2 Å². The summed E-state index contributed by atoms with van der Waals surface area (Å²) in [6, 6.07) is 14.5. The molecule has 0 aromatic heterocycles. The van der Waals surface area contributed by atoms with Gasteiger partial charge in [0.25, 0.3) is 0 Å². The number of hydrogen-bond donors (Lipinski definition) is 2. The van der Waals surface area contributed by atoms with Crippen molar-refractivity contribution < 1.29 is 13.2 Å². The van der Waals surface area contributed by atoms with Crippen molar-refractivity contribution in [2.24, 2.45) is 5.73 Å². The van der Waals surface area contributed by atoms with Gasteiger partial charge in [0.1, 0.15) is 0 Å². The minimum Gasteiger partial charge on any atom is -0.329 e. The quantitative estimate of drug-likeness (QED) is 0.739. The van der Waals surface area contributed by atoms with Gasteiger partial charge in [0.15, 0.2) is 0 Å². The minimum atomic E-state index is -3.71. The van der Waals surface area contributed by atoms with Crippen LogP contribution in [0.15, 0.2) is 53.4 Å². The van der Waals surface area contributed by atoms with Crippen LogP contribution in [0.25, 0.3) is 0 Å². The van der Waals surface area contributed by atoms with E-state index >= 15 is 0 Å². The number of amides is 1. The number of carbonyl (C=O) groups excluding carboxylic acids is 1. The van der Waals surface area contributed by atoms with Crippen molar-refractivity contribution in [1.82, 2.24) is 4.31 Å². The van der Waals surface area contributed by atoms with Gasteiger partial charge in [0.05, 0.1) is 4.90 Å². The first-order valence-electron chi connectivity index (χ1n) is 8.47. The van der Waals surface area contributed by atoms with Crippen molar-refractivity contribution in [3.05, 3.63) is 59.7 Å². The molecule has 0 aliphatic rings. The van der Waals surface area contributed by atoms with Crippen LogP contribution in [-0.2, 0) is 21.2 Å². The Morgan fingerprint density at radius 1 is 1.12 bits per heavy atom. The van der Waals surface area contributed by atoms with E-state index in [1.807, 2.05) is 37.3 Å². The standard InChI is InChI=1S/C19H25N3O3S/c1-15-8-9-18(14-19(15)21-16(2)23)26(24,25)22(13-11-20)12-10-17-6-4-3-5-7-17/h3-9,14H,10-13,20H2,1-2H3,(H,21,23). The molecule has 0 aliphatic carbocycles. The lowest BCUT2D eigenvalue weighted by atomic mass is 10.1. The maximum Gasteiger partial charge on any atom is 0.243 e. The monoisotopic (exact) mass is 375 g/mol. The summed E-state index contributed by atoms with van der Waals surface area (Å²) in [7, 11) is -3.71. The number of sulfonamides is 1. The van der Waals surface area contributed by atoms with Gasteiger partial charge in [0.2, 0.25) is 15.9 Å². The Hall–Kier alpha value is -2.22. The van der Waals surface area contributed by atoms with Crippen LogP contribution in [0.1, 0.15) is 18.1 Å². The normalized spacial score (nSPS) is 11.5. The largest absolute Gasteiger partial charge is 0.329 e. The van der Waals surface area contributed by atoms with E-state index in [1.54, 1.807) is 12.1 Å². The zero-order valence-corrected chi connectivity index (χ0v) is 15.9. The van der Waals surface area contributed by atoms with Gasteiger partial charge in [-0.3, -0.25) is 4.79 Å². The molecule has 140 valence electrons. The second kappa shape index (κ2) is 8.93. The number of nitrogens with one attached hydrogen (secondary N) is 1. The lowest BCUT2D eigenvalue weighted by Gasteiger charge is -2.22. The van der Waals surface area contributed by atoms with E-state index in [2.05, 4.69) is 5.32 Å². The van der Waals surface area contributed by atoms with E-state index in [0.717, 1.165) is 11.1 Å². The highest BCUT2D eigenvalue weighted by molar-refractivity contribution is 7.89. The van der Waals surface area contributed by atoms with Crippen molar-refractivity contribution in [3.8, 4) is 0 Å². The molecule has 0 aliphatic heterocycles.